The second-order valence-corrected chi connectivity index (χ2v) is 11.8. The number of aryl methyl sites for hydroxylation is 2. The van der Waals surface area contributed by atoms with Gasteiger partial charge in [0.25, 0.3) is 5.91 Å². The van der Waals surface area contributed by atoms with Crippen LogP contribution >= 0.6 is 0 Å². The van der Waals surface area contributed by atoms with E-state index in [0.29, 0.717) is 43.7 Å². The predicted octanol–water partition coefficient (Wildman–Crippen LogP) is 3.13. The molecule has 9 nitrogen and oxygen atoms in total. The Labute approximate surface area is 212 Å². The molecule has 37 heavy (non-hydrogen) atoms. The standard InChI is InChI=1S/C24H29F3N4O5S/c1-3-10-31-21(28-19(32)14-37(2,34)35)20-18(30-31)13-23(29-22(20)33)9-7-15-12-16(5-6-17(15)23)36-11-4-8-24(25,26)27/h5-6,12H,3-4,7-11,13-14H2,1-2H3,(H,28,32)(H,29,33)/t23-/m0/s1. The van der Waals surface area contributed by atoms with E-state index in [1.165, 1.54) is 4.68 Å². The number of nitrogens with one attached hydrogen (secondary N) is 2. The molecule has 4 rings (SSSR count). The molecule has 2 aromatic rings. The molecular weight excluding hydrogens is 513 g/mol. The number of aromatic nitrogens is 2. The largest absolute Gasteiger partial charge is 0.494 e. The highest BCUT2D eigenvalue weighted by atomic mass is 32.2. The van der Waals surface area contributed by atoms with Crippen molar-refractivity contribution in [1.29, 1.82) is 0 Å². The third-order valence-corrected chi connectivity index (χ3v) is 7.23. The second kappa shape index (κ2) is 9.99. The number of rotatable bonds is 9. The maximum Gasteiger partial charge on any atom is 0.389 e. The summed E-state index contributed by atoms with van der Waals surface area (Å²) < 4.78 is 67.2. The minimum atomic E-state index is -4.22. The fraction of sp³-hybridized carbons (Fsp3) is 0.542. The summed E-state index contributed by atoms with van der Waals surface area (Å²) in [7, 11) is -3.56. The number of ether oxygens (including phenoxy) is 1. The number of hydrogen-bond acceptors (Lipinski definition) is 6. The molecule has 0 saturated heterocycles. The summed E-state index contributed by atoms with van der Waals surface area (Å²) in [4.78, 5) is 25.7. The molecule has 13 heteroatoms. The van der Waals surface area contributed by atoms with E-state index in [0.717, 1.165) is 17.4 Å². The van der Waals surface area contributed by atoms with Crippen molar-refractivity contribution in [1.82, 2.24) is 15.1 Å². The van der Waals surface area contributed by atoms with Gasteiger partial charge in [-0.1, -0.05) is 13.0 Å². The fourth-order valence-corrected chi connectivity index (χ4v) is 5.53. The average molecular weight is 543 g/mol. The van der Waals surface area contributed by atoms with Crippen LogP contribution in [0, 0.1) is 0 Å². The summed E-state index contributed by atoms with van der Waals surface area (Å²) in [5.41, 5.74) is 1.84. The number of halogens is 3. The normalized spacial score (nSPS) is 18.9. The molecule has 2 aliphatic rings. The summed E-state index contributed by atoms with van der Waals surface area (Å²) in [5.74, 6) is -1.22. The van der Waals surface area contributed by atoms with Crippen LogP contribution in [0.3, 0.4) is 0 Å². The van der Waals surface area contributed by atoms with Crippen molar-refractivity contribution in [2.24, 2.45) is 0 Å². The van der Waals surface area contributed by atoms with Gasteiger partial charge in [-0.3, -0.25) is 9.59 Å². The van der Waals surface area contributed by atoms with E-state index < -0.39 is 45.5 Å². The molecular formula is C24H29F3N4O5S. The highest BCUT2D eigenvalue weighted by Crippen LogP contribution is 2.44. The van der Waals surface area contributed by atoms with E-state index in [4.69, 9.17) is 4.74 Å². The Morgan fingerprint density at radius 1 is 1.32 bits per heavy atom. The molecule has 2 heterocycles. The average Bonchev–Trinajstić information content (AvgIpc) is 3.28. The molecule has 0 bridgehead atoms. The number of alkyl halides is 3. The highest BCUT2D eigenvalue weighted by molar-refractivity contribution is 7.91. The third kappa shape index (κ3) is 6.08. The van der Waals surface area contributed by atoms with Crippen LogP contribution in [0.5, 0.6) is 5.75 Å². The van der Waals surface area contributed by atoms with Gasteiger partial charge in [-0.25, -0.2) is 13.1 Å². The minimum Gasteiger partial charge on any atom is -0.494 e. The molecule has 1 aliphatic carbocycles. The summed E-state index contributed by atoms with van der Waals surface area (Å²) >= 11 is 0. The number of carbonyl (C=O) groups is 2. The van der Waals surface area contributed by atoms with Crippen molar-refractivity contribution in [2.45, 2.75) is 63.7 Å². The summed E-state index contributed by atoms with van der Waals surface area (Å²) in [6.45, 7) is 2.29. The quantitative estimate of drug-likeness (QED) is 0.470. The summed E-state index contributed by atoms with van der Waals surface area (Å²) in [6, 6.07) is 5.31. The van der Waals surface area contributed by atoms with Crippen molar-refractivity contribution in [3.63, 3.8) is 0 Å². The smallest absolute Gasteiger partial charge is 0.389 e. The van der Waals surface area contributed by atoms with Gasteiger partial charge in [0.05, 0.1) is 17.8 Å². The van der Waals surface area contributed by atoms with E-state index in [9.17, 15) is 31.2 Å². The van der Waals surface area contributed by atoms with Crippen LogP contribution in [0.2, 0.25) is 0 Å². The molecule has 202 valence electrons. The number of nitrogens with zero attached hydrogens (tertiary/aromatic N) is 2. The molecule has 2 N–H and O–H groups in total. The van der Waals surface area contributed by atoms with Crippen molar-refractivity contribution in [2.75, 3.05) is 23.9 Å². The van der Waals surface area contributed by atoms with E-state index in [-0.39, 0.29) is 24.4 Å². The topological polar surface area (TPSA) is 119 Å². The van der Waals surface area contributed by atoms with Crippen LogP contribution in [0.4, 0.5) is 19.0 Å². The van der Waals surface area contributed by atoms with Crippen LogP contribution in [-0.4, -0.2) is 54.8 Å². The molecule has 1 aromatic carbocycles. The zero-order valence-corrected chi connectivity index (χ0v) is 21.4. The van der Waals surface area contributed by atoms with Crippen LogP contribution < -0.4 is 15.4 Å². The first kappa shape index (κ1) is 27.0. The van der Waals surface area contributed by atoms with E-state index in [1.54, 1.807) is 12.1 Å². The lowest BCUT2D eigenvalue weighted by molar-refractivity contribution is -0.136. The van der Waals surface area contributed by atoms with E-state index >= 15 is 0 Å². The number of carbonyl (C=O) groups excluding carboxylic acids is 2. The first-order valence-corrected chi connectivity index (χ1v) is 14.1. The van der Waals surface area contributed by atoms with Gasteiger partial charge in [0.2, 0.25) is 5.91 Å². The molecule has 0 unspecified atom stereocenters. The highest BCUT2D eigenvalue weighted by Gasteiger charge is 2.46. The second-order valence-electron chi connectivity index (χ2n) is 9.61. The molecule has 1 atom stereocenters. The van der Waals surface area contributed by atoms with Crippen LogP contribution in [-0.2, 0) is 39.6 Å². The molecule has 1 spiro atoms. The van der Waals surface area contributed by atoms with Crippen molar-refractivity contribution >= 4 is 27.5 Å². The Hall–Kier alpha value is -3.09. The monoisotopic (exact) mass is 542 g/mol. The molecule has 1 aromatic heterocycles. The summed E-state index contributed by atoms with van der Waals surface area (Å²) in [6.07, 6.45) is -2.01. The number of anilines is 1. The minimum absolute atomic E-state index is 0.0494. The Bertz CT molecular complexity index is 1320. The maximum absolute atomic E-state index is 13.3. The van der Waals surface area contributed by atoms with Gasteiger partial charge in [-0.2, -0.15) is 18.3 Å². The van der Waals surface area contributed by atoms with Gasteiger partial charge in [-0.15, -0.1) is 0 Å². The third-order valence-electron chi connectivity index (χ3n) is 6.45. The van der Waals surface area contributed by atoms with Crippen LogP contribution in [0.25, 0.3) is 0 Å². The van der Waals surface area contributed by atoms with Gasteiger partial charge in [-0.05, 0) is 48.9 Å². The number of fused-ring (bicyclic) bond motifs is 3. The predicted molar refractivity (Wildman–Crippen MR) is 129 cm³/mol. The van der Waals surface area contributed by atoms with Crippen LogP contribution in [0.1, 0.15) is 59.8 Å². The van der Waals surface area contributed by atoms with E-state index in [2.05, 4.69) is 15.7 Å². The Kier molecular flexibility index (Phi) is 7.28. The lowest BCUT2D eigenvalue weighted by Gasteiger charge is -2.35. The Morgan fingerprint density at radius 3 is 2.76 bits per heavy atom. The van der Waals surface area contributed by atoms with Crippen molar-refractivity contribution < 1.29 is 35.9 Å². The number of hydrogen-bond donors (Lipinski definition) is 2. The summed E-state index contributed by atoms with van der Waals surface area (Å²) in [5, 5.41) is 10.2. The van der Waals surface area contributed by atoms with E-state index in [1.807, 2.05) is 13.0 Å². The molecule has 0 fully saturated rings. The lowest BCUT2D eigenvalue weighted by atomic mass is 9.82. The van der Waals surface area contributed by atoms with Crippen LogP contribution in [0.15, 0.2) is 18.2 Å². The number of benzene rings is 1. The first-order valence-electron chi connectivity index (χ1n) is 12.0. The van der Waals surface area contributed by atoms with Gasteiger partial charge < -0.3 is 15.4 Å². The molecule has 1 aliphatic heterocycles. The Morgan fingerprint density at radius 2 is 2.08 bits per heavy atom. The maximum atomic E-state index is 13.3. The van der Waals surface area contributed by atoms with Gasteiger partial charge in [0.15, 0.2) is 9.84 Å². The molecule has 0 radical (unpaired) electrons. The lowest BCUT2D eigenvalue weighted by Crippen LogP contribution is -2.49. The fourth-order valence-electron chi connectivity index (χ4n) is 4.98. The number of amides is 2. The SMILES string of the molecule is CCCn1nc2c(c1NC(=O)CS(C)(=O)=O)C(=O)N[C@@]1(CCc3cc(OCCCC(F)(F)F)ccc31)C2. The van der Waals surface area contributed by atoms with Gasteiger partial charge in [0, 0.05) is 25.6 Å². The van der Waals surface area contributed by atoms with Gasteiger partial charge in [0.1, 0.15) is 22.9 Å². The van der Waals surface area contributed by atoms with Crippen molar-refractivity contribution in [3.8, 4) is 5.75 Å². The molecule has 2 amide bonds. The van der Waals surface area contributed by atoms with Crippen molar-refractivity contribution in [3.05, 3.63) is 40.6 Å². The zero-order chi connectivity index (χ0) is 27.0. The Balaban J connectivity index is 1.56. The number of sulfone groups is 1. The zero-order valence-electron chi connectivity index (χ0n) is 20.6. The van der Waals surface area contributed by atoms with Gasteiger partial charge >= 0.3 is 6.18 Å². The molecule has 0 saturated carbocycles. The first-order chi connectivity index (χ1) is 17.3.